The molecule has 1 heterocycles. The number of para-hydroxylation sites is 1. The van der Waals surface area contributed by atoms with Gasteiger partial charge in [0.2, 0.25) is 0 Å². The summed E-state index contributed by atoms with van der Waals surface area (Å²) in [4.78, 5) is 8.42. The predicted molar refractivity (Wildman–Crippen MR) is 205 cm³/mol. The molecule has 0 aliphatic carbocycles. The Morgan fingerprint density at radius 3 is 1.31 bits per heavy atom. The largest absolute Gasteiger partial charge is 0.355 e. The molecule has 8 aromatic rings. The average molecular weight is 620 g/mol. The third-order valence-corrected chi connectivity index (χ3v) is 9.19. The molecule has 7 aromatic carbocycles. The quantitative estimate of drug-likeness (QED) is 0.192. The summed E-state index contributed by atoms with van der Waals surface area (Å²) in [7, 11) is 0. The van der Waals surface area contributed by atoms with Crippen LogP contribution in [-0.4, -0.2) is 4.98 Å². The molecule has 0 amide bonds. The molecule has 0 saturated heterocycles. The number of hydrogen-bond donors (Lipinski definition) is 1. The van der Waals surface area contributed by atoms with Gasteiger partial charge in [-0.2, -0.15) is 0 Å². The third kappa shape index (κ3) is 5.50. The van der Waals surface area contributed by atoms with E-state index in [9.17, 15) is 0 Å². The summed E-state index contributed by atoms with van der Waals surface area (Å²) in [6.07, 6.45) is 0. The number of H-pyrrole nitrogens is 1. The van der Waals surface area contributed by atoms with E-state index in [1.54, 1.807) is 0 Å². The van der Waals surface area contributed by atoms with E-state index in [0.717, 1.165) is 45.2 Å². The first-order chi connectivity index (χ1) is 23.5. The molecule has 0 atom stereocenters. The van der Waals surface area contributed by atoms with E-state index in [2.05, 4.69) is 199 Å². The number of benzene rings is 7. The summed E-state index contributed by atoms with van der Waals surface area (Å²) < 4.78 is 0. The standard InChI is InChI=1S/C45H37N3/c1-31-13-19-35(20-14-31)47(36-21-15-32(2)16-22-36)38-25-27-43-41(29-38)42-30-39(26-28-44(42)46-43)48(37-23-17-33(3)18-24-37)45-12-8-7-11-40(45)34-9-5-4-6-10-34/h4-30,46H,1-3H3. The molecule has 0 radical (unpaired) electrons. The van der Waals surface area contributed by atoms with Gasteiger partial charge in [0.1, 0.15) is 0 Å². The van der Waals surface area contributed by atoms with Crippen LogP contribution in [0.1, 0.15) is 16.7 Å². The zero-order chi connectivity index (χ0) is 32.6. The zero-order valence-corrected chi connectivity index (χ0v) is 27.5. The molecule has 0 saturated carbocycles. The molecule has 1 N–H and O–H groups in total. The Morgan fingerprint density at radius 2 is 0.792 bits per heavy atom. The lowest BCUT2D eigenvalue weighted by atomic mass is 10.0. The van der Waals surface area contributed by atoms with Crippen molar-refractivity contribution < 1.29 is 0 Å². The van der Waals surface area contributed by atoms with Crippen LogP contribution in [-0.2, 0) is 0 Å². The predicted octanol–water partition coefficient (Wildman–Crippen LogP) is 12.9. The van der Waals surface area contributed by atoms with Crippen molar-refractivity contribution in [3.63, 3.8) is 0 Å². The molecule has 8 rings (SSSR count). The SMILES string of the molecule is Cc1ccc(N(c2ccc(C)cc2)c2ccc3[nH]c4ccc(N(c5ccc(C)cc5)c5ccccc5-c5ccccc5)cc4c3c2)cc1. The minimum absolute atomic E-state index is 1.11. The first kappa shape index (κ1) is 29.3. The van der Waals surface area contributed by atoms with Crippen molar-refractivity contribution in [1.29, 1.82) is 0 Å². The second-order valence-corrected chi connectivity index (χ2v) is 12.6. The summed E-state index contributed by atoms with van der Waals surface area (Å²) in [6, 6.07) is 59.2. The van der Waals surface area contributed by atoms with Crippen molar-refractivity contribution in [2.75, 3.05) is 9.80 Å². The smallest absolute Gasteiger partial charge is 0.0540 e. The number of hydrogen-bond acceptors (Lipinski definition) is 2. The van der Waals surface area contributed by atoms with Gasteiger partial charge in [0.25, 0.3) is 0 Å². The van der Waals surface area contributed by atoms with Gasteiger partial charge in [-0.1, -0.05) is 102 Å². The molecule has 3 heteroatoms. The second kappa shape index (κ2) is 12.3. The molecule has 0 bridgehead atoms. The van der Waals surface area contributed by atoms with Crippen molar-refractivity contribution in [3.8, 4) is 11.1 Å². The molecular weight excluding hydrogens is 583 g/mol. The van der Waals surface area contributed by atoms with Crippen LogP contribution in [0.2, 0.25) is 0 Å². The van der Waals surface area contributed by atoms with Crippen LogP contribution < -0.4 is 9.80 Å². The fourth-order valence-corrected chi connectivity index (χ4v) is 6.64. The molecule has 48 heavy (non-hydrogen) atoms. The van der Waals surface area contributed by atoms with Crippen LogP contribution >= 0.6 is 0 Å². The topological polar surface area (TPSA) is 22.3 Å². The van der Waals surface area contributed by atoms with E-state index in [1.807, 2.05) is 0 Å². The average Bonchev–Trinajstić information content (AvgIpc) is 3.49. The van der Waals surface area contributed by atoms with Gasteiger partial charge in [-0.25, -0.2) is 0 Å². The van der Waals surface area contributed by atoms with Crippen LogP contribution in [0.5, 0.6) is 0 Å². The first-order valence-corrected chi connectivity index (χ1v) is 16.5. The van der Waals surface area contributed by atoms with Crippen LogP contribution in [0.25, 0.3) is 32.9 Å². The number of aromatic nitrogens is 1. The summed E-state index contributed by atoms with van der Waals surface area (Å²) in [5.74, 6) is 0. The lowest BCUT2D eigenvalue weighted by Gasteiger charge is -2.28. The molecule has 0 fully saturated rings. The second-order valence-electron chi connectivity index (χ2n) is 12.6. The van der Waals surface area contributed by atoms with Crippen molar-refractivity contribution in [2.45, 2.75) is 20.8 Å². The Morgan fingerprint density at radius 1 is 0.375 bits per heavy atom. The number of rotatable bonds is 7. The number of aryl methyl sites for hydroxylation is 3. The van der Waals surface area contributed by atoms with Gasteiger partial charge in [-0.3, -0.25) is 0 Å². The van der Waals surface area contributed by atoms with Gasteiger partial charge < -0.3 is 14.8 Å². The highest BCUT2D eigenvalue weighted by molar-refractivity contribution is 6.10. The van der Waals surface area contributed by atoms with E-state index < -0.39 is 0 Å². The van der Waals surface area contributed by atoms with E-state index in [4.69, 9.17) is 0 Å². The van der Waals surface area contributed by atoms with Crippen LogP contribution in [0, 0.1) is 20.8 Å². The Bertz CT molecular complexity index is 2310. The fourth-order valence-electron chi connectivity index (χ4n) is 6.64. The third-order valence-electron chi connectivity index (χ3n) is 9.19. The Balaban J connectivity index is 1.31. The van der Waals surface area contributed by atoms with Gasteiger partial charge in [-0.15, -0.1) is 0 Å². The monoisotopic (exact) mass is 619 g/mol. The van der Waals surface area contributed by atoms with Gasteiger partial charge in [0, 0.05) is 55.8 Å². The summed E-state index contributed by atoms with van der Waals surface area (Å²) >= 11 is 0. The highest BCUT2D eigenvalue weighted by atomic mass is 15.1. The van der Waals surface area contributed by atoms with E-state index in [-0.39, 0.29) is 0 Å². The van der Waals surface area contributed by atoms with E-state index >= 15 is 0 Å². The summed E-state index contributed by atoms with van der Waals surface area (Å²) in [6.45, 7) is 6.40. The number of nitrogens with zero attached hydrogens (tertiary/aromatic N) is 2. The fraction of sp³-hybridized carbons (Fsp3) is 0.0667. The molecule has 0 aliphatic rings. The van der Waals surface area contributed by atoms with Gasteiger partial charge >= 0.3 is 0 Å². The molecule has 0 unspecified atom stereocenters. The van der Waals surface area contributed by atoms with Crippen molar-refractivity contribution >= 4 is 55.9 Å². The van der Waals surface area contributed by atoms with Gasteiger partial charge in [-0.05, 0) is 105 Å². The molecule has 232 valence electrons. The maximum Gasteiger partial charge on any atom is 0.0540 e. The maximum atomic E-state index is 3.69. The van der Waals surface area contributed by atoms with E-state index in [0.29, 0.717) is 0 Å². The first-order valence-electron chi connectivity index (χ1n) is 16.5. The Kier molecular flexibility index (Phi) is 7.51. The number of aromatic amines is 1. The van der Waals surface area contributed by atoms with E-state index in [1.165, 1.54) is 38.6 Å². The van der Waals surface area contributed by atoms with Gasteiger partial charge in [0.05, 0.1) is 5.69 Å². The number of fused-ring (bicyclic) bond motifs is 3. The zero-order valence-electron chi connectivity index (χ0n) is 27.5. The molecule has 1 aromatic heterocycles. The van der Waals surface area contributed by atoms with Crippen molar-refractivity contribution in [1.82, 2.24) is 4.98 Å². The van der Waals surface area contributed by atoms with Crippen LogP contribution in [0.15, 0.2) is 164 Å². The van der Waals surface area contributed by atoms with Crippen LogP contribution in [0.3, 0.4) is 0 Å². The lowest BCUT2D eigenvalue weighted by molar-refractivity contribution is 1.27. The van der Waals surface area contributed by atoms with Gasteiger partial charge in [0.15, 0.2) is 0 Å². The van der Waals surface area contributed by atoms with Crippen molar-refractivity contribution in [3.05, 3.63) is 180 Å². The molecule has 3 nitrogen and oxygen atoms in total. The number of anilines is 6. The summed E-state index contributed by atoms with van der Waals surface area (Å²) in [5.41, 5.74) is 15.1. The van der Waals surface area contributed by atoms with Crippen LogP contribution in [0.4, 0.5) is 34.1 Å². The number of nitrogens with one attached hydrogen (secondary N) is 1. The molecule has 0 aliphatic heterocycles. The normalized spacial score (nSPS) is 11.2. The Hall–Kier alpha value is -6.06. The summed E-state index contributed by atoms with van der Waals surface area (Å²) in [5, 5.41) is 2.38. The minimum atomic E-state index is 1.11. The maximum absolute atomic E-state index is 3.69. The highest BCUT2D eigenvalue weighted by Gasteiger charge is 2.19. The molecule has 0 spiro atoms. The molecular formula is C45H37N3. The highest BCUT2D eigenvalue weighted by Crippen LogP contribution is 2.43. The lowest BCUT2D eigenvalue weighted by Crippen LogP contribution is -2.11. The van der Waals surface area contributed by atoms with Crippen molar-refractivity contribution in [2.24, 2.45) is 0 Å². The minimum Gasteiger partial charge on any atom is -0.355 e. The Labute approximate surface area is 282 Å².